The van der Waals surface area contributed by atoms with Gasteiger partial charge in [-0.05, 0) is 54.1 Å². The van der Waals surface area contributed by atoms with Crippen LogP contribution < -0.4 is 5.32 Å². The summed E-state index contributed by atoms with van der Waals surface area (Å²) in [7, 11) is 3.98. The largest absolute Gasteiger partial charge is 0.350 e. The Labute approximate surface area is 122 Å². The number of hydrogen-bond acceptors (Lipinski definition) is 2. The zero-order chi connectivity index (χ0) is 14.6. The second-order valence-electron chi connectivity index (χ2n) is 5.11. The van der Waals surface area contributed by atoms with Crippen molar-refractivity contribution in [3.63, 3.8) is 0 Å². The molecule has 1 amide bonds. The average molecular weight is 331 g/mol. The van der Waals surface area contributed by atoms with Crippen LogP contribution in [0, 0.1) is 11.7 Å². The van der Waals surface area contributed by atoms with Crippen LogP contribution >= 0.6 is 15.9 Å². The molecular weight excluding hydrogens is 311 g/mol. The van der Waals surface area contributed by atoms with Crippen molar-refractivity contribution in [1.82, 2.24) is 10.2 Å². The summed E-state index contributed by atoms with van der Waals surface area (Å²) in [5, 5.41) is 2.88. The van der Waals surface area contributed by atoms with Crippen LogP contribution in [0.2, 0.25) is 0 Å². The third-order valence-corrected chi connectivity index (χ3v) is 3.69. The molecule has 1 rings (SSSR count). The van der Waals surface area contributed by atoms with Crippen LogP contribution in [-0.2, 0) is 0 Å². The number of amides is 1. The Morgan fingerprint density at radius 3 is 2.53 bits per heavy atom. The van der Waals surface area contributed by atoms with Crippen molar-refractivity contribution >= 4 is 21.8 Å². The van der Waals surface area contributed by atoms with Crippen molar-refractivity contribution in [2.24, 2.45) is 5.92 Å². The molecule has 0 spiro atoms. The number of carbonyl (C=O) groups is 1. The fraction of sp³-hybridized carbons (Fsp3) is 0.500. The van der Waals surface area contributed by atoms with Gasteiger partial charge in [-0.25, -0.2) is 4.39 Å². The van der Waals surface area contributed by atoms with Crippen molar-refractivity contribution in [1.29, 1.82) is 0 Å². The Bertz CT molecular complexity index is 441. The molecule has 0 aliphatic heterocycles. The van der Waals surface area contributed by atoms with E-state index in [1.165, 1.54) is 18.2 Å². The molecule has 0 heterocycles. The van der Waals surface area contributed by atoms with Gasteiger partial charge in [-0.1, -0.05) is 13.8 Å². The van der Waals surface area contributed by atoms with E-state index in [0.29, 0.717) is 22.5 Å². The third-order valence-electron chi connectivity index (χ3n) is 3.09. The number of halogens is 2. The van der Waals surface area contributed by atoms with Gasteiger partial charge in [-0.2, -0.15) is 0 Å². The summed E-state index contributed by atoms with van der Waals surface area (Å²) in [6.45, 7) is 4.80. The minimum atomic E-state index is -0.370. The Balaban J connectivity index is 2.66. The normalized spacial score (nSPS) is 12.8. The standard InChI is InChI=1S/C14H20BrFN2O/c1-9(2)13(18(3)4)8-17-14(19)10-5-6-12(16)11(15)7-10/h5-7,9,13H,8H2,1-4H3,(H,17,19). The first kappa shape index (κ1) is 16.1. The highest BCUT2D eigenvalue weighted by molar-refractivity contribution is 9.10. The van der Waals surface area contributed by atoms with E-state index in [2.05, 4.69) is 40.0 Å². The summed E-state index contributed by atoms with van der Waals surface area (Å²) < 4.78 is 13.4. The molecule has 1 N–H and O–H groups in total. The molecular formula is C14H20BrFN2O. The van der Waals surface area contributed by atoms with Crippen LogP contribution in [0.5, 0.6) is 0 Å². The predicted molar refractivity (Wildman–Crippen MR) is 78.7 cm³/mol. The second-order valence-corrected chi connectivity index (χ2v) is 5.97. The van der Waals surface area contributed by atoms with Crippen LogP contribution in [0.1, 0.15) is 24.2 Å². The van der Waals surface area contributed by atoms with Crippen LogP contribution in [0.15, 0.2) is 22.7 Å². The van der Waals surface area contributed by atoms with Crippen molar-refractivity contribution in [2.75, 3.05) is 20.6 Å². The molecule has 0 aliphatic carbocycles. The van der Waals surface area contributed by atoms with E-state index in [9.17, 15) is 9.18 Å². The van der Waals surface area contributed by atoms with Crippen LogP contribution in [0.3, 0.4) is 0 Å². The van der Waals surface area contributed by atoms with Crippen molar-refractivity contribution in [3.8, 4) is 0 Å². The SMILES string of the molecule is CC(C)C(CNC(=O)c1ccc(F)c(Br)c1)N(C)C. The van der Waals surface area contributed by atoms with Crippen LogP contribution in [0.25, 0.3) is 0 Å². The molecule has 3 nitrogen and oxygen atoms in total. The molecule has 5 heteroatoms. The van der Waals surface area contributed by atoms with Crippen molar-refractivity contribution in [2.45, 2.75) is 19.9 Å². The average Bonchev–Trinajstić information content (AvgIpc) is 2.31. The summed E-state index contributed by atoms with van der Waals surface area (Å²) >= 11 is 3.08. The first-order valence-corrected chi connectivity index (χ1v) is 7.02. The Morgan fingerprint density at radius 1 is 1.42 bits per heavy atom. The first-order chi connectivity index (χ1) is 8.82. The van der Waals surface area contributed by atoms with Gasteiger partial charge in [0.2, 0.25) is 0 Å². The number of carbonyl (C=O) groups excluding carboxylic acids is 1. The van der Waals surface area contributed by atoms with Gasteiger partial charge in [-0.3, -0.25) is 4.79 Å². The van der Waals surface area contributed by atoms with Gasteiger partial charge in [-0.15, -0.1) is 0 Å². The third kappa shape index (κ3) is 4.58. The highest BCUT2D eigenvalue weighted by Gasteiger charge is 2.17. The maximum atomic E-state index is 13.1. The monoisotopic (exact) mass is 330 g/mol. The molecule has 1 aromatic carbocycles. The van der Waals surface area contributed by atoms with Gasteiger partial charge in [0.1, 0.15) is 5.82 Å². The molecule has 1 unspecified atom stereocenters. The van der Waals surface area contributed by atoms with E-state index in [1.54, 1.807) is 0 Å². The van der Waals surface area contributed by atoms with Gasteiger partial charge >= 0.3 is 0 Å². The molecule has 0 aliphatic rings. The number of benzene rings is 1. The lowest BCUT2D eigenvalue weighted by molar-refractivity contribution is 0.0934. The zero-order valence-electron chi connectivity index (χ0n) is 11.7. The molecule has 0 bridgehead atoms. The summed E-state index contributed by atoms with van der Waals surface area (Å²) in [5.74, 6) is -0.117. The maximum Gasteiger partial charge on any atom is 0.251 e. The fourth-order valence-corrected chi connectivity index (χ4v) is 2.33. The van der Waals surface area contributed by atoms with E-state index in [-0.39, 0.29) is 17.8 Å². The van der Waals surface area contributed by atoms with Crippen molar-refractivity contribution in [3.05, 3.63) is 34.1 Å². The number of nitrogens with one attached hydrogen (secondary N) is 1. The lowest BCUT2D eigenvalue weighted by atomic mass is 10.0. The number of likely N-dealkylation sites (N-methyl/N-ethyl adjacent to an activating group) is 1. The van der Waals surface area contributed by atoms with E-state index < -0.39 is 0 Å². The van der Waals surface area contributed by atoms with Gasteiger partial charge < -0.3 is 10.2 Å². The van der Waals surface area contributed by atoms with E-state index in [0.717, 1.165) is 0 Å². The minimum Gasteiger partial charge on any atom is -0.350 e. The Kier molecular flexibility index (Phi) is 5.94. The second kappa shape index (κ2) is 7.01. The summed E-state index contributed by atoms with van der Waals surface area (Å²) in [4.78, 5) is 14.1. The summed E-state index contributed by atoms with van der Waals surface area (Å²) in [6, 6.07) is 4.53. The lowest BCUT2D eigenvalue weighted by Gasteiger charge is -2.28. The lowest BCUT2D eigenvalue weighted by Crippen LogP contribution is -2.43. The Morgan fingerprint density at radius 2 is 2.05 bits per heavy atom. The molecule has 0 radical (unpaired) electrons. The quantitative estimate of drug-likeness (QED) is 0.900. The molecule has 106 valence electrons. The predicted octanol–water partition coefficient (Wildman–Crippen LogP) is 2.90. The maximum absolute atomic E-state index is 13.1. The summed E-state index contributed by atoms with van der Waals surface area (Å²) in [5.41, 5.74) is 0.453. The molecule has 0 aromatic heterocycles. The minimum absolute atomic E-state index is 0.187. The van der Waals surface area contributed by atoms with Crippen molar-refractivity contribution < 1.29 is 9.18 Å². The van der Waals surface area contributed by atoms with Gasteiger partial charge in [0.25, 0.3) is 5.91 Å². The van der Waals surface area contributed by atoms with E-state index in [4.69, 9.17) is 0 Å². The van der Waals surface area contributed by atoms with E-state index in [1.807, 2.05) is 14.1 Å². The van der Waals surface area contributed by atoms with Crippen LogP contribution in [-0.4, -0.2) is 37.5 Å². The van der Waals surface area contributed by atoms with Gasteiger partial charge in [0, 0.05) is 18.2 Å². The van der Waals surface area contributed by atoms with Crippen LogP contribution in [0.4, 0.5) is 4.39 Å². The molecule has 19 heavy (non-hydrogen) atoms. The first-order valence-electron chi connectivity index (χ1n) is 6.22. The highest BCUT2D eigenvalue weighted by Crippen LogP contribution is 2.16. The topological polar surface area (TPSA) is 32.3 Å². The number of hydrogen-bond donors (Lipinski definition) is 1. The Hall–Kier alpha value is -0.940. The highest BCUT2D eigenvalue weighted by atomic mass is 79.9. The zero-order valence-corrected chi connectivity index (χ0v) is 13.3. The summed E-state index contributed by atoms with van der Waals surface area (Å²) in [6.07, 6.45) is 0. The molecule has 0 fully saturated rings. The smallest absolute Gasteiger partial charge is 0.251 e. The molecule has 0 saturated heterocycles. The van der Waals surface area contributed by atoms with Gasteiger partial charge in [0.05, 0.1) is 4.47 Å². The molecule has 1 aromatic rings. The fourth-order valence-electron chi connectivity index (χ4n) is 1.95. The van der Waals surface area contributed by atoms with E-state index >= 15 is 0 Å². The van der Waals surface area contributed by atoms with Gasteiger partial charge in [0.15, 0.2) is 0 Å². The number of nitrogens with zero attached hydrogens (tertiary/aromatic N) is 1. The molecule has 0 saturated carbocycles. The number of rotatable bonds is 5. The molecule has 1 atom stereocenters.